The van der Waals surface area contributed by atoms with E-state index in [0.29, 0.717) is 11.7 Å². The summed E-state index contributed by atoms with van der Waals surface area (Å²) in [6.07, 6.45) is 2.08. The number of anilines is 1. The molecule has 0 unspecified atom stereocenters. The van der Waals surface area contributed by atoms with Gasteiger partial charge < -0.3 is 10.4 Å². The molecular weight excluding hydrogens is 200 g/mol. The molecule has 0 aromatic carbocycles. The first-order valence-electron chi connectivity index (χ1n) is 4.06. The number of hydrogen-bond acceptors (Lipinski definition) is 4. The molecule has 0 amide bonds. The highest BCUT2D eigenvalue weighted by atomic mass is 32.1. The molecule has 0 saturated heterocycles. The van der Waals surface area contributed by atoms with Crippen LogP contribution in [0.1, 0.15) is 23.0 Å². The van der Waals surface area contributed by atoms with Crippen LogP contribution in [0.4, 0.5) is 5.13 Å². The quantitative estimate of drug-likeness (QED) is 0.586. The summed E-state index contributed by atoms with van der Waals surface area (Å²) in [6, 6.07) is 0. The number of aromatic nitrogens is 1. The summed E-state index contributed by atoms with van der Waals surface area (Å²) in [5.74, 6) is 4.73. The molecule has 0 atom stereocenters. The minimum Gasteiger partial charge on any atom is -0.477 e. The highest BCUT2D eigenvalue weighted by molar-refractivity contribution is 7.17. The molecule has 0 spiro atoms. The number of nitrogens with one attached hydrogen (secondary N) is 1. The number of aromatic carboxylic acids is 1. The molecule has 1 heterocycles. The Morgan fingerprint density at radius 2 is 2.57 bits per heavy atom. The van der Waals surface area contributed by atoms with E-state index >= 15 is 0 Å². The normalized spacial score (nSPS) is 8.93. The van der Waals surface area contributed by atoms with Crippen LogP contribution < -0.4 is 5.32 Å². The van der Waals surface area contributed by atoms with E-state index in [2.05, 4.69) is 22.1 Å². The van der Waals surface area contributed by atoms with Crippen LogP contribution in [0, 0.1) is 11.8 Å². The van der Waals surface area contributed by atoms with E-state index in [0.717, 1.165) is 17.8 Å². The zero-order valence-electron chi connectivity index (χ0n) is 7.70. The molecule has 5 heteroatoms. The molecule has 2 N–H and O–H groups in total. The second-order valence-corrected chi connectivity index (χ2v) is 3.47. The van der Waals surface area contributed by atoms with E-state index in [9.17, 15) is 4.79 Å². The lowest BCUT2D eigenvalue weighted by Gasteiger charge is -1.96. The third-order valence-corrected chi connectivity index (χ3v) is 2.36. The second-order valence-electron chi connectivity index (χ2n) is 2.44. The van der Waals surface area contributed by atoms with Crippen LogP contribution in [0.2, 0.25) is 0 Å². The molecule has 14 heavy (non-hydrogen) atoms. The largest absolute Gasteiger partial charge is 0.477 e. The Hall–Kier alpha value is -1.54. The van der Waals surface area contributed by atoms with Crippen LogP contribution in [-0.2, 0) is 0 Å². The van der Waals surface area contributed by atoms with Gasteiger partial charge in [-0.15, -0.1) is 11.8 Å². The van der Waals surface area contributed by atoms with Gasteiger partial charge in [-0.3, -0.25) is 0 Å². The molecule has 1 aromatic rings. The van der Waals surface area contributed by atoms with Crippen molar-refractivity contribution in [3.05, 3.63) is 11.1 Å². The average Bonchev–Trinajstić information content (AvgIpc) is 2.61. The average molecular weight is 210 g/mol. The van der Waals surface area contributed by atoms with Gasteiger partial charge >= 0.3 is 5.97 Å². The summed E-state index contributed by atoms with van der Waals surface area (Å²) in [6.45, 7) is 2.47. The van der Waals surface area contributed by atoms with Crippen molar-refractivity contribution >= 4 is 22.4 Å². The minimum absolute atomic E-state index is 0.245. The van der Waals surface area contributed by atoms with Gasteiger partial charge in [0.15, 0.2) is 5.13 Å². The Bertz CT molecular complexity index is 376. The zero-order chi connectivity index (χ0) is 10.4. The number of carbonyl (C=O) groups is 1. The van der Waals surface area contributed by atoms with Crippen LogP contribution in [0.5, 0.6) is 0 Å². The van der Waals surface area contributed by atoms with Crippen molar-refractivity contribution in [3.8, 4) is 11.8 Å². The third-order valence-electron chi connectivity index (χ3n) is 1.42. The van der Waals surface area contributed by atoms with E-state index in [1.54, 1.807) is 6.92 Å². The summed E-state index contributed by atoms with van der Waals surface area (Å²) in [5, 5.41) is 12.2. The number of hydrogen-bond donors (Lipinski definition) is 2. The highest BCUT2D eigenvalue weighted by Crippen LogP contribution is 2.17. The summed E-state index contributed by atoms with van der Waals surface area (Å²) in [7, 11) is 0. The molecule has 1 rings (SSSR count). The molecule has 1 aromatic heterocycles. The molecule has 0 bridgehead atoms. The minimum atomic E-state index is -0.941. The molecule has 4 nitrogen and oxygen atoms in total. The molecule has 74 valence electrons. The number of rotatable bonds is 4. The Morgan fingerprint density at radius 3 is 3.14 bits per heavy atom. The van der Waals surface area contributed by atoms with E-state index in [4.69, 9.17) is 5.11 Å². The summed E-state index contributed by atoms with van der Waals surface area (Å²) < 4.78 is 0. The van der Waals surface area contributed by atoms with Crippen LogP contribution in [0.25, 0.3) is 0 Å². The van der Waals surface area contributed by atoms with Gasteiger partial charge in [0, 0.05) is 13.0 Å². The standard InChI is InChI=1S/C9H10N2O2S/c1-2-3-4-5-10-9-11-6-7(14-9)8(12)13/h6H,4-5H2,1H3,(H,10,11)(H,12,13). The maximum atomic E-state index is 10.5. The zero-order valence-corrected chi connectivity index (χ0v) is 8.52. The monoisotopic (exact) mass is 210 g/mol. The number of nitrogens with zero attached hydrogens (tertiary/aromatic N) is 1. The molecular formula is C9H10N2O2S. The predicted octanol–water partition coefficient (Wildman–Crippen LogP) is 1.67. The van der Waals surface area contributed by atoms with Gasteiger partial charge in [0.2, 0.25) is 0 Å². The molecule has 0 aliphatic rings. The maximum absolute atomic E-state index is 10.5. The topological polar surface area (TPSA) is 62.2 Å². The molecule has 0 fully saturated rings. The summed E-state index contributed by atoms with van der Waals surface area (Å²) in [5.41, 5.74) is 0. The third kappa shape index (κ3) is 3.07. The van der Waals surface area contributed by atoms with Gasteiger partial charge in [-0.2, -0.15) is 0 Å². The second kappa shape index (κ2) is 5.25. The van der Waals surface area contributed by atoms with Gasteiger partial charge in [0.05, 0.1) is 6.20 Å². The van der Waals surface area contributed by atoms with Crippen molar-refractivity contribution in [1.82, 2.24) is 4.98 Å². The van der Waals surface area contributed by atoms with Crippen LogP contribution in [0.3, 0.4) is 0 Å². The Labute approximate surface area is 86.0 Å². The number of carboxylic acids is 1. The first-order chi connectivity index (χ1) is 6.74. The Morgan fingerprint density at radius 1 is 1.79 bits per heavy atom. The maximum Gasteiger partial charge on any atom is 0.347 e. The van der Waals surface area contributed by atoms with Crippen molar-refractivity contribution in [2.75, 3.05) is 11.9 Å². The highest BCUT2D eigenvalue weighted by Gasteiger charge is 2.07. The lowest BCUT2D eigenvalue weighted by Crippen LogP contribution is -1.99. The van der Waals surface area contributed by atoms with E-state index < -0.39 is 5.97 Å². The van der Waals surface area contributed by atoms with E-state index in [1.165, 1.54) is 6.20 Å². The fraction of sp³-hybridized carbons (Fsp3) is 0.333. The lowest BCUT2D eigenvalue weighted by molar-refractivity contribution is 0.0702. The first kappa shape index (κ1) is 10.5. The summed E-state index contributed by atoms with van der Waals surface area (Å²) >= 11 is 1.13. The van der Waals surface area contributed by atoms with Crippen molar-refractivity contribution in [2.24, 2.45) is 0 Å². The SMILES string of the molecule is CC#CCCNc1ncc(C(=O)O)s1. The fourth-order valence-corrected chi connectivity index (χ4v) is 1.49. The van der Waals surface area contributed by atoms with Gasteiger partial charge in [0.1, 0.15) is 4.88 Å². The van der Waals surface area contributed by atoms with E-state index in [1.807, 2.05) is 0 Å². The van der Waals surface area contributed by atoms with E-state index in [-0.39, 0.29) is 4.88 Å². The predicted molar refractivity (Wildman–Crippen MR) is 55.6 cm³/mol. The molecule has 0 radical (unpaired) electrons. The molecule has 0 aliphatic carbocycles. The van der Waals surface area contributed by atoms with Crippen LogP contribution in [0.15, 0.2) is 6.20 Å². The molecule has 0 aliphatic heterocycles. The van der Waals surface area contributed by atoms with Gasteiger partial charge in [-0.1, -0.05) is 11.3 Å². The Balaban J connectivity index is 2.42. The van der Waals surface area contributed by atoms with Gasteiger partial charge in [-0.25, -0.2) is 9.78 Å². The van der Waals surface area contributed by atoms with Crippen LogP contribution >= 0.6 is 11.3 Å². The van der Waals surface area contributed by atoms with Crippen molar-refractivity contribution in [3.63, 3.8) is 0 Å². The van der Waals surface area contributed by atoms with Crippen molar-refractivity contribution in [1.29, 1.82) is 0 Å². The number of thiazole rings is 1. The smallest absolute Gasteiger partial charge is 0.347 e. The lowest BCUT2D eigenvalue weighted by atomic mass is 10.4. The fourth-order valence-electron chi connectivity index (χ4n) is 0.812. The number of carboxylic acid groups (broad SMARTS) is 1. The first-order valence-corrected chi connectivity index (χ1v) is 4.88. The van der Waals surface area contributed by atoms with Gasteiger partial charge in [0.25, 0.3) is 0 Å². The van der Waals surface area contributed by atoms with Crippen molar-refractivity contribution in [2.45, 2.75) is 13.3 Å². The van der Waals surface area contributed by atoms with Gasteiger partial charge in [-0.05, 0) is 6.92 Å². The summed E-state index contributed by atoms with van der Waals surface area (Å²) in [4.78, 5) is 14.7. The van der Waals surface area contributed by atoms with Crippen LogP contribution in [-0.4, -0.2) is 22.6 Å². The van der Waals surface area contributed by atoms with Crippen molar-refractivity contribution < 1.29 is 9.90 Å². The molecule has 0 saturated carbocycles. The Kier molecular flexibility index (Phi) is 3.95.